The molecule has 1 aliphatic carbocycles. The summed E-state index contributed by atoms with van der Waals surface area (Å²) in [7, 11) is 0. The van der Waals surface area contributed by atoms with E-state index in [1.165, 1.54) is 6.42 Å². The van der Waals surface area contributed by atoms with Crippen molar-refractivity contribution in [1.82, 2.24) is 0 Å². The molecular weight excluding hydrogens is 301 g/mol. The summed E-state index contributed by atoms with van der Waals surface area (Å²) in [5.41, 5.74) is -0.266. The third-order valence-corrected chi connectivity index (χ3v) is 4.03. The molecule has 0 aliphatic heterocycles. The van der Waals surface area contributed by atoms with E-state index in [1.54, 1.807) is 0 Å². The number of halogens is 3. The van der Waals surface area contributed by atoms with Gasteiger partial charge in [-0.15, -0.1) is 0 Å². The maximum Gasteiger partial charge on any atom is 0.268 e. The fourth-order valence-electron chi connectivity index (χ4n) is 1.79. The average molecular weight is 318 g/mol. The lowest BCUT2D eigenvalue weighted by Crippen LogP contribution is -2.40. The summed E-state index contributed by atoms with van der Waals surface area (Å²) < 4.78 is 31.6. The molecule has 0 spiro atoms. The lowest BCUT2D eigenvalue weighted by molar-refractivity contribution is -0.131. The van der Waals surface area contributed by atoms with Crippen molar-refractivity contribution in [3.8, 4) is 0 Å². The van der Waals surface area contributed by atoms with E-state index < -0.39 is 12.5 Å². The van der Waals surface area contributed by atoms with Gasteiger partial charge in [0.05, 0.1) is 5.60 Å². The van der Waals surface area contributed by atoms with Gasteiger partial charge in [-0.3, -0.25) is 0 Å². The zero-order valence-corrected chi connectivity index (χ0v) is 10.6. The van der Waals surface area contributed by atoms with E-state index >= 15 is 0 Å². The molecule has 1 fully saturated rings. The monoisotopic (exact) mass is 318 g/mol. The first-order chi connectivity index (χ1) is 6.47. The normalized spacial score (nSPS) is 22.3. The summed E-state index contributed by atoms with van der Waals surface area (Å²) in [6.45, 7) is 0.479. The second-order valence-corrected chi connectivity index (χ2v) is 5.00. The molecule has 0 N–H and O–H groups in total. The van der Waals surface area contributed by atoms with Crippen LogP contribution in [0.4, 0.5) is 8.78 Å². The third-order valence-electron chi connectivity index (χ3n) is 2.64. The minimum absolute atomic E-state index is 0.266. The van der Waals surface area contributed by atoms with Gasteiger partial charge in [0.25, 0.3) is 5.92 Å². The Balaban J connectivity index is 2.44. The molecule has 0 aromatic carbocycles. The van der Waals surface area contributed by atoms with Gasteiger partial charge < -0.3 is 4.74 Å². The van der Waals surface area contributed by atoms with Crippen molar-refractivity contribution in [3.63, 3.8) is 0 Å². The highest BCUT2D eigenvalue weighted by Crippen LogP contribution is 2.34. The van der Waals surface area contributed by atoms with E-state index in [9.17, 15) is 8.78 Å². The molecule has 0 aromatic rings. The average Bonchev–Trinajstić information content (AvgIpc) is 2.15. The molecule has 4 heteroatoms. The minimum atomic E-state index is -2.70. The molecule has 1 aliphatic rings. The van der Waals surface area contributed by atoms with Gasteiger partial charge in [0.2, 0.25) is 0 Å². The first-order valence-corrected chi connectivity index (χ1v) is 6.58. The van der Waals surface area contributed by atoms with Crippen LogP contribution in [-0.4, -0.2) is 22.6 Å². The summed E-state index contributed by atoms with van der Waals surface area (Å²) in [4.78, 5) is 0. The lowest BCUT2D eigenvalue weighted by atomic mass is 9.86. The van der Waals surface area contributed by atoms with Crippen molar-refractivity contribution in [1.29, 1.82) is 0 Å². The Kier molecular flexibility index (Phi) is 4.56. The van der Waals surface area contributed by atoms with Crippen LogP contribution < -0.4 is 0 Å². The van der Waals surface area contributed by atoms with Gasteiger partial charge in [-0.1, -0.05) is 41.9 Å². The van der Waals surface area contributed by atoms with Crippen LogP contribution in [0.15, 0.2) is 0 Å². The molecule has 14 heavy (non-hydrogen) atoms. The number of alkyl halides is 3. The van der Waals surface area contributed by atoms with Crippen LogP contribution in [0.2, 0.25) is 0 Å². The number of ether oxygens (including phenoxy) is 1. The molecule has 84 valence electrons. The number of hydrogen-bond donors (Lipinski definition) is 0. The predicted octanol–water partition coefficient (Wildman–Crippen LogP) is 3.80. The second-order valence-electron chi connectivity index (χ2n) is 4.24. The maximum absolute atomic E-state index is 12.7. The Morgan fingerprint density at radius 3 is 2.29 bits per heavy atom. The molecule has 0 unspecified atom stereocenters. The van der Waals surface area contributed by atoms with E-state index in [-0.39, 0.29) is 5.60 Å². The Labute approximate surface area is 97.7 Å². The van der Waals surface area contributed by atoms with Gasteiger partial charge in [0.1, 0.15) is 6.61 Å². The van der Waals surface area contributed by atoms with E-state index in [2.05, 4.69) is 22.6 Å². The smallest absolute Gasteiger partial charge is 0.268 e. The molecule has 0 heterocycles. The first-order valence-electron chi connectivity index (χ1n) is 5.05. The van der Waals surface area contributed by atoms with E-state index in [0.29, 0.717) is 0 Å². The predicted molar refractivity (Wildman–Crippen MR) is 61.3 cm³/mol. The lowest BCUT2D eigenvalue weighted by Gasteiger charge is -2.36. The fourth-order valence-corrected chi connectivity index (χ4v) is 2.78. The molecule has 1 rings (SSSR count). The minimum Gasteiger partial charge on any atom is -0.368 e. The molecule has 0 atom stereocenters. The highest BCUT2D eigenvalue weighted by atomic mass is 127. The highest BCUT2D eigenvalue weighted by molar-refractivity contribution is 14.1. The van der Waals surface area contributed by atoms with E-state index in [1.807, 2.05) is 0 Å². The molecule has 1 saturated carbocycles. The van der Waals surface area contributed by atoms with Gasteiger partial charge in [0, 0.05) is 11.4 Å². The largest absolute Gasteiger partial charge is 0.368 e. The van der Waals surface area contributed by atoms with Crippen molar-refractivity contribution in [3.05, 3.63) is 0 Å². The molecule has 1 nitrogen and oxygen atoms in total. The first kappa shape index (κ1) is 12.6. The maximum atomic E-state index is 12.7. The molecule has 0 bridgehead atoms. The quantitative estimate of drug-likeness (QED) is 0.566. The fraction of sp³-hybridized carbons (Fsp3) is 1.00. The Morgan fingerprint density at radius 2 is 1.86 bits per heavy atom. The van der Waals surface area contributed by atoms with Crippen LogP contribution >= 0.6 is 22.6 Å². The van der Waals surface area contributed by atoms with Crippen molar-refractivity contribution in [2.45, 2.75) is 50.6 Å². The molecule has 0 aromatic heterocycles. The van der Waals surface area contributed by atoms with Crippen LogP contribution in [0.3, 0.4) is 0 Å². The van der Waals surface area contributed by atoms with Crippen LogP contribution in [0.1, 0.15) is 39.0 Å². The number of rotatable bonds is 4. The Hall–Kier alpha value is 0.550. The molecule has 0 radical (unpaired) electrons. The zero-order valence-electron chi connectivity index (χ0n) is 8.49. The summed E-state index contributed by atoms with van der Waals surface area (Å²) in [6, 6.07) is 0. The molecule has 0 amide bonds. The van der Waals surface area contributed by atoms with Crippen LogP contribution in [0.5, 0.6) is 0 Å². The highest BCUT2D eigenvalue weighted by Gasteiger charge is 2.35. The van der Waals surface area contributed by atoms with E-state index in [4.69, 9.17) is 4.74 Å². The van der Waals surface area contributed by atoms with Crippen molar-refractivity contribution in [2.24, 2.45) is 0 Å². The molecule has 0 saturated heterocycles. The zero-order chi connectivity index (χ0) is 10.7. The number of hydrogen-bond acceptors (Lipinski definition) is 1. The SMILES string of the molecule is CC(F)(F)COC1(CI)CCCCC1. The topological polar surface area (TPSA) is 9.23 Å². The van der Waals surface area contributed by atoms with Crippen molar-refractivity contribution in [2.75, 3.05) is 11.0 Å². The van der Waals surface area contributed by atoms with E-state index in [0.717, 1.165) is 37.0 Å². The van der Waals surface area contributed by atoms with Gasteiger partial charge in [-0.05, 0) is 12.8 Å². The Bertz CT molecular complexity index is 173. The van der Waals surface area contributed by atoms with Gasteiger partial charge >= 0.3 is 0 Å². The standard InChI is InChI=1S/C10H17F2IO/c1-9(11,12)8-14-10(7-13)5-3-2-4-6-10/h2-8H2,1H3. The van der Waals surface area contributed by atoms with Crippen molar-refractivity contribution >= 4 is 22.6 Å². The summed E-state index contributed by atoms with van der Waals surface area (Å²) in [5.74, 6) is -2.70. The molecular formula is C10H17F2IO. The van der Waals surface area contributed by atoms with Crippen LogP contribution in [0, 0.1) is 0 Å². The van der Waals surface area contributed by atoms with Crippen LogP contribution in [0.25, 0.3) is 0 Å². The summed E-state index contributed by atoms with van der Waals surface area (Å²) in [6.07, 6.45) is 5.30. The van der Waals surface area contributed by atoms with Crippen LogP contribution in [-0.2, 0) is 4.74 Å². The van der Waals surface area contributed by atoms with Gasteiger partial charge in [-0.2, -0.15) is 0 Å². The third kappa shape index (κ3) is 3.96. The van der Waals surface area contributed by atoms with Gasteiger partial charge in [0.15, 0.2) is 0 Å². The van der Waals surface area contributed by atoms with Crippen molar-refractivity contribution < 1.29 is 13.5 Å². The Morgan fingerprint density at radius 1 is 1.29 bits per heavy atom. The summed E-state index contributed by atoms with van der Waals surface area (Å²) in [5, 5.41) is 0. The summed E-state index contributed by atoms with van der Waals surface area (Å²) >= 11 is 2.24. The van der Waals surface area contributed by atoms with Gasteiger partial charge in [-0.25, -0.2) is 8.78 Å². The second kappa shape index (κ2) is 5.05.